The first-order valence-electron chi connectivity index (χ1n) is 12.0. The number of nitrogens with zero attached hydrogens (tertiary/aromatic N) is 4. The van der Waals surface area contributed by atoms with Gasteiger partial charge < -0.3 is 14.2 Å². The fourth-order valence-electron chi connectivity index (χ4n) is 4.28. The summed E-state index contributed by atoms with van der Waals surface area (Å²) in [6.07, 6.45) is -2.62. The van der Waals surface area contributed by atoms with Crippen molar-refractivity contribution >= 4 is 40.4 Å². The van der Waals surface area contributed by atoms with Crippen molar-refractivity contribution in [1.29, 1.82) is 0 Å². The molecule has 39 heavy (non-hydrogen) atoms. The lowest BCUT2D eigenvalue weighted by molar-refractivity contribution is -0.138. The van der Waals surface area contributed by atoms with Crippen LogP contribution in [0.1, 0.15) is 46.7 Å². The molecule has 1 aliphatic heterocycles. The molecule has 4 aromatic rings. The first-order valence-corrected chi connectivity index (χ1v) is 13.6. The normalized spacial score (nSPS) is 14.6. The SMILES string of the molecule is CCOc1cc(C(F)(F)F)cnc1C(=O)N1CCC(c2nc(-c3cc(-c4ccc(Cl)c(Cl)c4)no3)cs2)CC1. The number of hydrogen-bond donors (Lipinski definition) is 0. The molecule has 204 valence electrons. The molecule has 4 heterocycles. The molecular formula is C26H21Cl2F3N4O3S. The summed E-state index contributed by atoms with van der Waals surface area (Å²) in [4.78, 5) is 23.2. The Hall–Kier alpha value is -3.15. The van der Waals surface area contributed by atoms with E-state index in [1.54, 1.807) is 36.1 Å². The molecule has 0 aliphatic carbocycles. The van der Waals surface area contributed by atoms with Crippen LogP contribution in [0.15, 0.2) is 46.4 Å². The van der Waals surface area contributed by atoms with Gasteiger partial charge in [-0.25, -0.2) is 9.97 Å². The van der Waals surface area contributed by atoms with Crippen LogP contribution in [0.3, 0.4) is 0 Å². The number of carbonyl (C=O) groups is 1. The maximum Gasteiger partial charge on any atom is 0.418 e. The Balaban J connectivity index is 1.25. The van der Waals surface area contributed by atoms with Gasteiger partial charge >= 0.3 is 6.18 Å². The van der Waals surface area contributed by atoms with Gasteiger partial charge in [-0.2, -0.15) is 13.2 Å². The maximum absolute atomic E-state index is 13.1. The highest BCUT2D eigenvalue weighted by molar-refractivity contribution is 7.10. The van der Waals surface area contributed by atoms with E-state index in [1.807, 2.05) is 5.38 Å². The Morgan fingerprint density at radius 3 is 2.62 bits per heavy atom. The van der Waals surface area contributed by atoms with E-state index >= 15 is 0 Å². The van der Waals surface area contributed by atoms with E-state index in [0.717, 1.165) is 16.6 Å². The van der Waals surface area contributed by atoms with Gasteiger partial charge in [0.15, 0.2) is 17.2 Å². The second-order valence-electron chi connectivity index (χ2n) is 8.84. The van der Waals surface area contributed by atoms with Crippen molar-refractivity contribution in [3.63, 3.8) is 0 Å². The van der Waals surface area contributed by atoms with Crippen LogP contribution in [0, 0.1) is 0 Å². The molecule has 7 nitrogen and oxygen atoms in total. The molecule has 5 rings (SSSR count). The summed E-state index contributed by atoms with van der Waals surface area (Å²) in [7, 11) is 0. The van der Waals surface area contributed by atoms with Crippen LogP contribution in [0.5, 0.6) is 5.75 Å². The summed E-state index contributed by atoms with van der Waals surface area (Å²) in [5.74, 6) is 0.0125. The van der Waals surface area contributed by atoms with E-state index in [4.69, 9.17) is 37.4 Å². The summed E-state index contributed by atoms with van der Waals surface area (Å²) < 4.78 is 50.1. The lowest BCUT2D eigenvalue weighted by Gasteiger charge is -2.31. The minimum Gasteiger partial charge on any atom is -0.491 e. The fraction of sp³-hybridized carbons (Fsp3) is 0.308. The standard InChI is InChI=1S/C26H21Cl2F3N4O3S/c1-2-37-22-10-16(26(29,30)31)12-32-23(22)25(36)35-7-5-14(6-8-35)24-33-20(13-39-24)21-11-19(34-38-21)15-3-4-17(27)18(28)9-15/h3-4,9-14H,2,5-8H2,1H3. The quantitative estimate of drug-likeness (QED) is 0.228. The summed E-state index contributed by atoms with van der Waals surface area (Å²) in [6.45, 7) is 2.57. The molecule has 3 aromatic heterocycles. The molecule has 0 unspecified atom stereocenters. The van der Waals surface area contributed by atoms with E-state index in [1.165, 1.54) is 11.3 Å². The van der Waals surface area contributed by atoms with Gasteiger partial charge in [-0.05, 0) is 38.0 Å². The summed E-state index contributed by atoms with van der Waals surface area (Å²) in [5.41, 5.74) is 0.942. The number of amides is 1. The molecule has 0 spiro atoms. The van der Waals surface area contributed by atoms with E-state index in [2.05, 4.69) is 10.1 Å². The fourth-order valence-corrected chi connectivity index (χ4v) is 5.56. The third-order valence-electron chi connectivity index (χ3n) is 6.31. The summed E-state index contributed by atoms with van der Waals surface area (Å²) in [6, 6.07) is 7.81. The van der Waals surface area contributed by atoms with Gasteiger partial charge in [-0.1, -0.05) is 34.4 Å². The highest BCUT2D eigenvalue weighted by atomic mass is 35.5. The Kier molecular flexibility index (Phi) is 7.84. The third-order valence-corrected chi connectivity index (χ3v) is 8.06. The summed E-state index contributed by atoms with van der Waals surface area (Å²) >= 11 is 13.6. The van der Waals surface area contributed by atoms with Crippen molar-refractivity contribution in [3.8, 4) is 28.5 Å². The number of aromatic nitrogens is 3. The van der Waals surface area contributed by atoms with Crippen molar-refractivity contribution < 1.29 is 27.2 Å². The van der Waals surface area contributed by atoms with Gasteiger partial charge in [0.2, 0.25) is 0 Å². The number of rotatable bonds is 6. The van der Waals surface area contributed by atoms with Crippen LogP contribution < -0.4 is 4.74 Å². The smallest absolute Gasteiger partial charge is 0.418 e. The molecule has 0 N–H and O–H groups in total. The maximum atomic E-state index is 13.1. The van der Waals surface area contributed by atoms with Gasteiger partial charge in [-0.15, -0.1) is 11.3 Å². The predicted octanol–water partition coefficient (Wildman–Crippen LogP) is 7.60. The van der Waals surface area contributed by atoms with Crippen LogP contribution in [0.25, 0.3) is 22.7 Å². The van der Waals surface area contributed by atoms with Gasteiger partial charge in [-0.3, -0.25) is 4.79 Å². The van der Waals surface area contributed by atoms with Crippen molar-refractivity contribution in [1.82, 2.24) is 20.0 Å². The van der Waals surface area contributed by atoms with Gasteiger partial charge in [0.25, 0.3) is 5.91 Å². The van der Waals surface area contributed by atoms with E-state index in [0.29, 0.717) is 59.3 Å². The molecule has 1 aliphatic rings. The first-order chi connectivity index (χ1) is 18.6. The predicted molar refractivity (Wildman–Crippen MR) is 141 cm³/mol. The molecule has 1 saturated heterocycles. The van der Waals surface area contributed by atoms with E-state index < -0.39 is 17.6 Å². The summed E-state index contributed by atoms with van der Waals surface area (Å²) in [5, 5.41) is 7.79. The molecule has 0 radical (unpaired) electrons. The zero-order chi connectivity index (χ0) is 27.7. The number of piperidine rings is 1. The molecule has 13 heteroatoms. The minimum atomic E-state index is -4.58. The lowest BCUT2D eigenvalue weighted by atomic mass is 9.97. The van der Waals surface area contributed by atoms with Crippen molar-refractivity contribution in [2.24, 2.45) is 0 Å². The van der Waals surface area contributed by atoms with Crippen LogP contribution in [-0.2, 0) is 6.18 Å². The minimum absolute atomic E-state index is 0.109. The number of alkyl halides is 3. The Labute approximate surface area is 235 Å². The van der Waals surface area contributed by atoms with Crippen LogP contribution in [0.4, 0.5) is 13.2 Å². The van der Waals surface area contributed by atoms with E-state index in [9.17, 15) is 18.0 Å². The topological polar surface area (TPSA) is 81.4 Å². The molecule has 1 aromatic carbocycles. The Bertz CT molecular complexity index is 1500. The molecular weight excluding hydrogens is 576 g/mol. The zero-order valence-electron chi connectivity index (χ0n) is 20.5. The average Bonchev–Trinajstić information content (AvgIpc) is 3.60. The monoisotopic (exact) mass is 596 g/mol. The number of thiazole rings is 1. The number of likely N-dealkylation sites (tertiary alicyclic amines) is 1. The molecule has 0 atom stereocenters. The van der Waals surface area contributed by atoms with Crippen LogP contribution >= 0.6 is 34.5 Å². The number of pyridine rings is 1. The number of carbonyl (C=O) groups excluding carboxylic acids is 1. The number of ether oxygens (including phenoxy) is 1. The Morgan fingerprint density at radius 1 is 1.15 bits per heavy atom. The number of halogens is 5. The zero-order valence-corrected chi connectivity index (χ0v) is 22.8. The lowest BCUT2D eigenvalue weighted by Crippen LogP contribution is -2.38. The van der Waals surface area contributed by atoms with Crippen molar-refractivity contribution in [2.45, 2.75) is 31.9 Å². The van der Waals surface area contributed by atoms with Crippen molar-refractivity contribution in [3.05, 3.63) is 68.2 Å². The largest absolute Gasteiger partial charge is 0.491 e. The van der Waals surface area contributed by atoms with Gasteiger partial charge in [0.1, 0.15) is 11.4 Å². The first kappa shape index (κ1) is 27.4. The average molecular weight is 597 g/mol. The van der Waals surface area contributed by atoms with Crippen LogP contribution in [0.2, 0.25) is 10.0 Å². The second-order valence-corrected chi connectivity index (χ2v) is 10.5. The van der Waals surface area contributed by atoms with Crippen LogP contribution in [-0.4, -0.2) is 45.6 Å². The van der Waals surface area contributed by atoms with Crippen molar-refractivity contribution in [2.75, 3.05) is 19.7 Å². The van der Waals surface area contributed by atoms with Gasteiger partial charge in [0.05, 0.1) is 27.2 Å². The molecule has 0 saturated carbocycles. The molecule has 1 amide bonds. The highest BCUT2D eigenvalue weighted by Gasteiger charge is 2.34. The Morgan fingerprint density at radius 2 is 1.92 bits per heavy atom. The highest BCUT2D eigenvalue weighted by Crippen LogP contribution is 2.36. The molecule has 1 fully saturated rings. The third kappa shape index (κ3) is 5.90. The number of benzene rings is 1. The molecule has 0 bridgehead atoms. The second kappa shape index (κ2) is 11.1. The number of hydrogen-bond acceptors (Lipinski definition) is 7. The van der Waals surface area contributed by atoms with E-state index in [-0.39, 0.29) is 24.0 Å². The van der Waals surface area contributed by atoms with Gasteiger partial charge in [0, 0.05) is 42.2 Å².